The molecule has 0 fully saturated rings. The van der Waals surface area contributed by atoms with Gasteiger partial charge in [-0.15, -0.1) is 0 Å². The van der Waals surface area contributed by atoms with Gasteiger partial charge in [-0.1, -0.05) is 67.5 Å². The first-order valence-electron chi connectivity index (χ1n) is 10.4. The lowest BCUT2D eigenvalue weighted by Crippen LogP contribution is -2.24. The molecule has 2 aromatic heterocycles. The first kappa shape index (κ1) is 20.6. The maximum Gasteiger partial charge on any atom is 0.257 e. The van der Waals surface area contributed by atoms with Gasteiger partial charge < -0.3 is 9.84 Å². The molecule has 4 aromatic rings. The Morgan fingerprint density at radius 3 is 2.58 bits per heavy atom. The minimum atomic E-state index is -0.160. The second-order valence-electron chi connectivity index (χ2n) is 7.90. The molecule has 0 spiro atoms. The Morgan fingerprint density at radius 2 is 1.87 bits per heavy atom. The van der Waals surface area contributed by atoms with E-state index in [9.17, 15) is 4.79 Å². The van der Waals surface area contributed by atoms with E-state index in [1.807, 2.05) is 49.0 Å². The number of benzene rings is 2. The lowest BCUT2D eigenvalue weighted by molar-refractivity contribution is 0.0948. The lowest BCUT2D eigenvalue weighted by Gasteiger charge is -2.12. The summed E-state index contributed by atoms with van der Waals surface area (Å²) in [6.07, 6.45) is 3.73. The molecule has 6 nitrogen and oxygen atoms in total. The zero-order valence-corrected chi connectivity index (χ0v) is 18.0. The van der Waals surface area contributed by atoms with Crippen molar-refractivity contribution >= 4 is 5.91 Å². The summed E-state index contributed by atoms with van der Waals surface area (Å²) in [5.74, 6) is 0.553. The normalized spacial score (nSPS) is 11.1. The van der Waals surface area contributed by atoms with Gasteiger partial charge in [-0.05, 0) is 35.2 Å². The predicted octanol–water partition coefficient (Wildman–Crippen LogP) is 4.95. The summed E-state index contributed by atoms with van der Waals surface area (Å²) >= 11 is 0. The monoisotopic (exact) mass is 414 g/mol. The highest BCUT2D eigenvalue weighted by molar-refractivity contribution is 5.96. The molecule has 31 heavy (non-hydrogen) atoms. The van der Waals surface area contributed by atoms with E-state index in [0.29, 0.717) is 23.6 Å². The van der Waals surface area contributed by atoms with Gasteiger partial charge in [0.05, 0.1) is 12.2 Å². The summed E-state index contributed by atoms with van der Waals surface area (Å²) in [5.41, 5.74) is 5.59. The van der Waals surface area contributed by atoms with Crippen molar-refractivity contribution in [1.29, 1.82) is 0 Å². The number of carbonyl (C=O) groups is 1. The smallest absolute Gasteiger partial charge is 0.257 e. The largest absolute Gasteiger partial charge is 0.360 e. The highest BCUT2D eigenvalue weighted by Gasteiger charge is 2.22. The summed E-state index contributed by atoms with van der Waals surface area (Å²) < 4.78 is 7.25. The van der Waals surface area contributed by atoms with E-state index < -0.39 is 0 Å². The van der Waals surface area contributed by atoms with Gasteiger partial charge in [0.2, 0.25) is 0 Å². The number of aromatic nitrogens is 3. The molecule has 4 rings (SSSR count). The van der Waals surface area contributed by atoms with E-state index in [0.717, 1.165) is 23.2 Å². The molecule has 0 aliphatic rings. The molecular weight excluding hydrogens is 388 g/mol. The summed E-state index contributed by atoms with van der Waals surface area (Å²) in [6, 6.07) is 18.5. The molecule has 0 aliphatic heterocycles. The Bertz CT molecular complexity index is 1160. The van der Waals surface area contributed by atoms with Crippen LogP contribution in [0.1, 0.15) is 52.7 Å². The third-order valence-corrected chi connectivity index (χ3v) is 5.27. The summed E-state index contributed by atoms with van der Waals surface area (Å²) in [5, 5.41) is 11.3. The molecule has 0 saturated carbocycles. The molecule has 0 unspecified atom stereocenters. The van der Waals surface area contributed by atoms with E-state index in [-0.39, 0.29) is 11.8 Å². The van der Waals surface area contributed by atoms with Crippen LogP contribution in [0.5, 0.6) is 0 Å². The number of hydrogen-bond donors (Lipinski definition) is 1. The lowest BCUT2D eigenvalue weighted by atomic mass is 9.98. The molecular formula is C25H26N4O2. The molecule has 158 valence electrons. The number of nitrogens with one attached hydrogen (secondary N) is 1. The highest BCUT2D eigenvalue weighted by atomic mass is 16.5. The quantitative estimate of drug-likeness (QED) is 0.464. The topological polar surface area (TPSA) is 73.0 Å². The standard InChI is InChI=1S/C25H26N4O2/c1-17(2)24-23(18(3)28-31-24)25(30)26-15-21-7-4-5-8-22(21)20-11-9-19(10-12-20)16-29-14-6-13-27-29/h4-14,17H,15-16H2,1-3H3,(H,26,30). The highest BCUT2D eigenvalue weighted by Crippen LogP contribution is 2.25. The minimum Gasteiger partial charge on any atom is -0.360 e. The fourth-order valence-corrected chi connectivity index (χ4v) is 3.65. The maximum atomic E-state index is 12.8. The zero-order chi connectivity index (χ0) is 21.8. The van der Waals surface area contributed by atoms with Crippen molar-refractivity contribution in [3.8, 4) is 11.1 Å². The van der Waals surface area contributed by atoms with Gasteiger partial charge in [-0.3, -0.25) is 9.48 Å². The number of aryl methyl sites for hydroxylation is 1. The van der Waals surface area contributed by atoms with E-state index in [1.54, 1.807) is 13.1 Å². The first-order chi connectivity index (χ1) is 15.0. The van der Waals surface area contributed by atoms with Crippen LogP contribution in [0.25, 0.3) is 11.1 Å². The molecule has 2 heterocycles. The van der Waals surface area contributed by atoms with Gasteiger partial charge in [0, 0.05) is 24.9 Å². The van der Waals surface area contributed by atoms with Crippen molar-refractivity contribution in [2.45, 2.75) is 39.8 Å². The van der Waals surface area contributed by atoms with Crippen molar-refractivity contribution in [3.63, 3.8) is 0 Å². The summed E-state index contributed by atoms with van der Waals surface area (Å²) in [7, 11) is 0. The van der Waals surface area contributed by atoms with Crippen LogP contribution < -0.4 is 5.32 Å². The molecule has 2 aromatic carbocycles. The van der Waals surface area contributed by atoms with E-state index in [1.165, 1.54) is 5.56 Å². The van der Waals surface area contributed by atoms with Crippen molar-refractivity contribution in [2.24, 2.45) is 0 Å². The summed E-state index contributed by atoms with van der Waals surface area (Å²) in [6.45, 7) is 6.93. The molecule has 0 atom stereocenters. The van der Waals surface area contributed by atoms with Crippen molar-refractivity contribution in [2.75, 3.05) is 0 Å². The second kappa shape index (κ2) is 9.00. The van der Waals surface area contributed by atoms with Crippen LogP contribution >= 0.6 is 0 Å². The average Bonchev–Trinajstić information content (AvgIpc) is 3.42. The van der Waals surface area contributed by atoms with Crippen LogP contribution in [0.2, 0.25) is 0 Å². The fraction of sp³-hybridized carbons (Fsp3) is 0.240. The van der Waals surface area contributed by atoms with Crippen LogP contribution in [0.3, 0.4) is 0 Å². The van der Waals surface area contributed by atoms with Crippen LogP contribution in [0.15, 0.2) is 71.5 Å². The molecule has 0 radical (unpaired) electrons. The van der Waals surface area contributed by atoms with Gasteiger partial charge >= 0.3 is 0 Å². The molecule has 6 heteroatoms. The van der Waals surface area contributed by atoms with Crippen molar-refractivity contribution in [3.05, 3.63) is 95.1 Å². The van der Waals surface area contributed by atoms with Gasteiger partial charge in [0.25, 0.3) is 5.91 Å². The number of nitrogens with zero attached hydrogens (tertiary/aromatic N) is 3. The fourth-order valence-electron chi connectivity index (χ4n) is 3.65. The van der Waals surface area contributed by atoms with Crippen LogP contribution in [0.4, 0.5) is 0 Å². The molecule has 0 aliphatic carbocycles. The Morgan fingerprint density at radius 1 is 1.10 bits per heavy atom. The van der Waals surface area contributed by atoms with Crippen molar-refractivity contribution in [1.82, 2.24) is 20.3 Å². The number of rotatable bonds is 7. The molecule has 1 N–H and O–H groups in total. The predicted molar refractivity (Wildman–Crippen MR) is 120 cm³/mol. The van der Waals surface area contributed by atoms with Gasteiger partial charge in [-0.25, -0.2) is 0 Å². The van der Waals surface area contributed by atoms with Gasteiger partial charge in [-0.2, -0.15) is 5.10 Å². The van der Waals surface area contributed by atoms with E-state index >= 15 is 0 Å². The average molecular weight is 415 g/mol. The Kier molecular flexibility index (Phi) is 5.98. The Labute approximate surface area is 181 Å². The third kappa shape index (κ3) is 4.58. The van der Waals surface area contributed by atoms with Crippen LogP contribution in [0, 0.1) is 6.92 Å². The Hall–Kier alpha value is -3.67. The van der Waals surface area contributed by atoms with Gasteiger partial charge in [0.15, 0.2) is 5.76 Å². The van der Waals surface area contributed by atoms with Crippen molar-refractivity contribution < 1.29 is 9.32 Å². The summed E-state index contributed by atoms with van der Waals surface area (Å²) in [4.78, 5) is 12.8. The Balaban J connectivity index is 1.50. The second-order valence-corrected chi connectivity index (χ2v) is 7.90. The number of hydrogen-bond acceptors (Lipinski definition) is 4. The minimum absolute atomic E-state index is 0.0921. The maximum absolute atomic E-state index is 12.8. The zero-order valence-electron chi connectivity index (χ0n) is 18.0. The third-order valence-electron chi connectivity index (χ3n) is 5.27. The molecule has 0 saturated heterocycles. The van der Waals surface area contributed by atoms with E-state index in [2.05, 4.69) is 45.9 Å². The van der Waals surface area contributed by atoms with E-state index in [4.69, 9.17) is 4.52 Å². The van der Waals surface area contributed by atoms with Crippen LogP contribution in [-0.4, -0.2) is 20.8 Å². The SMILES string of the molecule is Cc1noc(C(C)C)c1C(=O)NCc1ccccc1-c1ccc(Cn2cccn2)cc1. The first-order valence-corrected chi connectivity index (χ1v) is 10.4. The van der Waals surface area contributed by atoms with Gasteiger partial charge in [0.1, 0.15) is 5.56 Å². The molecule has 0 bridgehead atoms. The number of carbonyl (C=O) groups excluding carboxylic acids is 1. The molecule has 1 amide bonds. The van der Waals surface area contributed by atoms with Crippen LogP contribution in [-0.2, 0) is 13.1 Å². The number of amides is 1.